The number of benzene rings is 1. The lowest BCUT2D eigenvalue weighted by Crippen LogP contribution is -2.59. The molecule has 4 rings (SSSR count). The Balaban J connectivity index is 1.35. The molecule has 146 valence electrons. The van der Waals surface area contributed by atoms with Gasteiger partial charge in [0, 0.05) is 24.7 Å². The molecule has 4 nitrogen and oxygen atoms in total. The van der Waals surface area contributed by atoms with Crippen molar-refractivity contribution >= 4 is 5.71 Å². The summed E-state index contributed by atoms with van der Waals surface area (Å²) in [5.74, 6) is 0. The van der Waals surface area contributed by atoms with E-state index in [1.165, 1.54) is 56.3 Å². The van der Waals surface area contributed by atoms with E-state index < -0.39 is 0 Å². The molecular weight excluding hydrogens is 332 g/mol. The molecule has 2 saturated heterocycles. The fourth-order valence-electron chi connectivity index (χ4n) is 4.72. The Morgan fingerprint density at radius 3 is 2.33 bits per heavy atom. The summed E-state index contributed by atoms with van der Waals surface area (Å²) in [6.07, 6.45) is 12.3. The first-order valence-electron chi connectivity index (χ1n) is 10.8. The fraction of sp³-hybridized carbons (Fsp3) is 0.609. The Bertz CT molecular complexity index is 679. The van der Waals surface area contributed by atoms with Crippen LogP contribution in [0.4, 0.5) is 0 Å². The highest BCUT2D eigenvalue weighted by atomic mass is 15.5. The Morgan fingerprint density at radius 1 is 1.04 bits per heavy atom. The quantitative estimate of drug-likeness (QED) is 0.880. The Hall–Kier alpha value is -1.65. The van der Waals surface area contributed by atoms with E-state index in [-0.39, 0.29) is 5.66 Å². The second-order valence-corrected chi connectivity index (χ2v) is 8.46. The molecule has 27 heavy (non-hydrogen) atoms. The number of hydrazone groups is 1. The molecule has 0 radical (unpaired) electrons. The Labute approximate surface area is 164 Å². The highest BCUT2D eigenvalue weighted by Crippen LogP contribution is 2.26. The minimum Gasteiger partial charge on any atom is -0.300 e. The summed E-state index contributed by atoms with van der Waals surface area (Å²) < 4.78 is 0. The fourth-order valence-corrected chi connectivity index (χ4v) is 4.72. The number of piperidine rings is 2. The van der Waals surface area contributed by atoms with Crippen LogP contribution in [0.5, 0.6) is 0 Å². The van der Waals surface area contributed by atoms with Crippen molar-refractivity contribution in [3.05, 3.63) is 47.5 Å². The Kier molecular flexibility index (Phi) is 5.65. The van der Waals surface area contributed by atoms with Gasteiger partial charge >= 0.3 is 0 Å². The van der Waals surface area contributed by atoms with Gasteiger partial charge in [-0.2, -0.15) is 5.10 Å². The SMILES string of the molecule is CCc1ccc(C2=NNC(C)(N3CCC(N4CCCCC4)CC3)C=C2)cc1. The van der Waals surface area contributed by atoms with Gasteiger partial charge in [0.15, 0.2) is 0 Å². The van der Waals surface area contributed by atoms with Crippen LogP contribution in [0.2, 0.25) is 0 Å². The van der Waals surface area contributed by atoms with Gasteiger partial charge in [0.05, 0.1) is 5.71 Å². The number of likely N-dealkylation sites (tertiary alicyclic amines) is 2. The van der Waals surface area contributed by atoms with Crippen LogP contribution in [0.25, 0.3) is 0 Å². The van der Waals surface area contributed by atoms with Crippen molar-refractivity contribution in [3.8, 4) is 0 Å². The second-order valence-electron chi connectivity index (χ2n) is 8.46. The van der Waals surface area contributed by atoms with Crippen molar-refractivity contribution in [2.24, 2.45) is 5.10 Å². The van der Waals surface area contributed by atoms with Gasteiger partial charge in [-0.3, -0.25) is 10.3 Å². The molecule has 0 amide bonds. The van der Waals surface area contributed by atoms with E-state index >= 15 is 0 Å². The van der Waals surface area contributed by atoms with Crippen LogP contribution in [0.3, 0.4) is 0 Å². The molecule has 1 unspecified atom stereocenters. The summed E-state index contributed by atoms with van der Waals surface area (Å²) in [6, 6.07) is 9.54. The van der Waals surface area contributed by atoms with Crippen LogP contribution >= 0.6 is 0 Å². The van der Waals surface area contributed by atoms with Crippen LogP contribution in [0, 0.1) is 0 Å². The highest BCUT2D eigenvalue weighted by molar-refractivity contribution is 6.09. The first-order valence-corrected chi connectivity index (χ1v) is 10.8. The second kappa shape index (κ2) is 8.15. The summed E-state index contributed by atoms with van der Waals surface area (Å²) in [6.45, 7) is 9.35. The van der Waals surface area contributed by atoms with Gasteiger partial charge in [0.2, 0.25) is 0 Å². The number of rotatable bonds is 4. The number of hydrogen-bond acceptors (Lipinski definition) is 4. The molecule has 1 aromatic carbocycles. The van der Waals surface area contributed by atoms with Gasteiger partial charge < -0.3 is 4.90 Å². The lowest BCUT2D eigenvalue weighted by atomic mass is 9.96. The molecule has 0 aromatic heterocycles. The van der Waals surface area contributed by atoms with Crippen molar-refractivity contribution in [1.82, 2.24) is 15.2 Å². The first kappa shape index (κ1) is 18.7. The lowest BCUT2D eigenvalue weighted by molar-refractivity contribution is 0.0390. The Morgan fingerprint density at radius 2 is 1.74 bits per heavy atom. The van der Waals surface area contributed by atoms with Gasteiger partial charge in [-0.25, -0.2) is 0 Å². The van der Waals surface area contributed by atoms with Crippen molar-refractivity contribution in [2.75, 3.05) is 26.2 Å². The molecule has 1 aromatic rings. The number of hydrogen-bond donors (Lipinski definition) is 1. The third kappa shape index (κ3) is 4.12. The van der Waals surface area contributed by atoms with E-state index in [4.69, 9.17) is 5.10 Å². The third-order valence-corrected chi connectivity index (χ3v) is 6.65. The maximum absolute atomic E-state index is 4.72. The zero-order valence-corrected chi connectivity index (χ0v) is 17.0. The van der Waals surface area contributed by atoms with Crippen molar-refractivity contribution in [3.63, 3.8) is 0 Å². The number of aryl methyl sites for hydroxylation is 1. The summed E-state index contributed by atoms with van der Waals surface area (Å²) in [5.41, 5.74) is 6.86. The van der Waals surface area contributed by atoms with Gasteiger partial charge in [0.1, 0.15) is 5.66 Å². The van der Waals surface area contributed by atoms with Gasteiger partial charge in [-0.05, 0) is 69.8 Å². The van der Waals surface area contributed by atoms with Crippen LogP contribution in [0.15, 0.2) is 41.5 Å². The monoisotopic (exact) mass is 366 g/mol. The molecule has 2 fully saturated rings. The summed E-state index contributed by atoms with van der Waals surface area (Å²) in [4.78, 5) is 5.30. The standard InChI is InChI=1S/C23H34N4/c1-3-19-7-9-20(10-8-19)22-11-14-23(2,25-24-22)27-17-12-21(13-18-27)26-15-5-4-6-16-26/h7-11,14,21,25H,3-6,12-13,15-18H2,1-2H3. The summed E-state index contributed by atoms with van der Waals surface area (Å²) in [7, 11) is 0. The molecule has 3 aliphatic rings. The van der Waals surface area contributed by atoms with E-state index in [1.54, 1.807) is 0 Å². The van der Waals surface area contributed by atoms with Gasteiger partial charge in [-0.1, -0.05) is 37.6 Å². The predicted molar refractivity (Wildman–Crippen MR) is 113 cm³/mol. The largest absolute Gasteiger partial charge is 0.300 e. The van der Waals surface area contributed by atoms with Crippen LogP contribution in [-0.4, -0.2) is 53.4 Å². The van der Waals surface area contributed by atoms with Gasteiger partial charge in [0.25, 0.3) is 0 Å². The molecule has 4 heteroatoms. The van der Waals surface area contributed by atoms with Crippen LogP contribution in [0.1, 0.15) is 57.1 Å². The van der Waals surface area contributed by atoms with E-state index in [0.717, 1.165) is 31.3 Å². The zero-order valence-electron chi connectivity index (χ0n) is 17.0. The van der Waals surface area contributed by atoms with Gasteiger partial charge in [-0.15, -0.1) is 0 Å². The maximum Gasteiger partial charge on any atom is 0.123 e. The maximum atomic E-state index is 4.72. The van der Waals surface area contributed by atoms with Crippen LogP contribution < -0.4 is 5.43 Å². The normalized spacial score (nSPS) is 28.0. The molecule has 0 aliphatic carbocycles. The molecule has 0 saturated carbocycles. The molecular formula is C23H34N4. The van der Waals surface area contributed by atoms with E-state index in [9.17, 15) is 0 Å². The minimum absolute atomic E-state index is 0.167. The van der Waals surface area contributed by atoms with E-state index in [0.29, 0.717) is 0 Å². The average molecular weight is 367 g/mol. The first-order chi connectivity index (χ1) is 13.2. The third-order valence-electron chi connectivity index (χ3n) is 6.65. The van der Waals surface area contributed by atoms with Crippen molar-refractivity contribution in [2.45, 2.75) is 64.1 Å². The van der Waals surface area contributed by atoms with Crippen molar-refractivity contribution in [1.29, 1.82) is 0 Å². The number of nitrogens with zero attached hydrogens (tertiary/aromatic N) is 3. The highest BCUT2D eigenvalue weighted by Gasteiger charge is 2.35. The summed E-state index contributed by atoms with van der Waals surface area (Å²) >= 11 is 0. The average Bonchev–Trinajstić information content (AvgIpc) is 2.75. The minimum atomic E-state index is -0.167. The van der Waals surface area contributed by atoms with Crippen LogP contribution in [-0.2, 0) is 6.42 Å². The van der Waals surface area contributed by atoms with Crippen molar-refractivity contribution < 1.29 is 0 Å². The smallest absolute Gasteiger partial charge is 0.123 e. The zero-order chi connectivity index (χ0) is 18.7. The van der Waals surface area contributed by atoms with E-state index in [1.807, 2.05) is 0 Å². The number of allylic oxidation sites excluding steroid dienone is 1. The molecule has 3 heterocycles. The predicted octanol–water partition coefficient (Wildman–Crippen LogP) is 3.78. The molecule has 0 bridgehead atoms. The summed E-state index contributed by atoms with van der Waals surface area (Å²) in [5, 5.41) is 4.72. The molecule has 1 N–H and O–H groups in total. The topological polar surface area (TPSA) is 30.9 Å². The lowest BCUT2D eigenvalue weighted by Gasteiger charge is -2.46. The number of nitrogens with one attached hydrogen (secondary N) is 1. The molecule has 0 spiro atoms. The molecule has 3 aliphatic heterocycles. The van der Waals surface area contributed by atoms with E-state index in [2.05, 4.69) is 65.5 Å². The molecule has 1 atom stereocenters.